The molecule has 1 heterocycles. The van der Waals surface area contributed by atoms with Crippen LogP contribution in [0.4, 0.5) is 19.3 Å². The van der Waals surface area contributed by atoms with Gasteiger partial charge < -0.3 is 15.4 Å². The van der Waals surface area contributed by atoms with Crippen molar-refractivity contribution in [2.45, 2.75) is 29.6 Å². The van der Waals surface area contributed by atoms with Crippen LogP contribution >= 0.6 is 0 Å². The topological polar surface area (TPSA) is 84.5 Å². The summed E-state index contributed by atoms with van der Waals surface area (Å²) in [5, 5.41) is 4.98. The lowest BCUT2D eigenvalue weighted by Gasteiger charge is -2.12. The second-order valence-corrected chi connectivity index (χ2v) is 6.72. The Morgan fingerprint density at radius 2 is 2.18 bits per heavy atom. The van der Waals surface area contributed by atoms with Gasteiger partial charge in [0.05, 0.1) is 11.0 Å². The molecule has 0 aliphatic carbocycles. The molecule has 1 aromatic carbocycles. The van der Waals surface area contributed by atoms with E-state index >= 15 is 0 Å². The Kier molecular flexibility index (Phi) is 5.30. The Morgan fingerprint density at radius 3 is 2.82 bits per heavy atom. The molecule has 0 saturated carbocycles. The number of hydrogen-bond donors (Lipinski definition) is 2. The number of alkyl halides is 2. The van der Waals surface area contributed by atoms with E-state index in [1.54, 1.807) is 0 Å². The Bertz CT molecular complexity index is 631. The van der Waals surface area contributed by atoms with Gasteiger partial charge in [-0.3, -0.25) is 0 Å². The number of carbonyl (C=O) groups is 1. The van der Waals surface area contributed by atoms with Crippen molar-refractivity contribution in [3.8, 4) is 0 Å². The summed E-state index contributed by atoms with van der Waals surface area (Å²) >= 11 is 0. The van der Waals surface area contributed by atoms with E-state index in [0.717, 1.165) is 25.0 Å². The molecule has 0 unspecified atom stereocenters. The van der Waals surface area contributed by atoms with Gasteiger partial charge in [-0.05, 0) is 31.0 Å². The molecule has 6 nitrogen and oxygen atoms in total. The standard InChI is InChI=1S/C13H16F2N2O4S/c14-12(15)22(19,20)11-5-1-3-9(7-11)17-13(18)16-8-10-4-2-6-21-10/h1,3,5,7,10,12H,2,4,6,8H2,(H2,16,17,18)/t10-/m1/s1. The lowest BCUT2D eigenvalue weighted by Crippen LogP contribution is -2.35. The van der Waals surface area contributed by atoms with Gasteiger partial charge in [0.1, 0.15) is 0 Å². The summed E-state index contributed by atoms with van der Waals surface area (Å²) < 4.78 is 53.1. The van der Waals surface area contributed by atoms with Gasteiger partial charge in [0.25, 0.3) is 0 Å². The third kappa shape index (κ3) is 4.14. The first-order chi connectivity index (χ1) is 10.4. The summed E-state index contributed by atoms with van der Waals surface area (Å²) in [6.07, 6.45) is 1.78. The summed E-state index contributed by atoms with van der Waals surface area (Å²) in [5.41, 5.74) is 0.117. The van der Waals surface area contributed by atoms with Gasteiger partial charge in [-0.15, -0.1) is 0 Å². The molecular formula is C13H16F2N2O4S. The molecule has 1 aliphatic rings. The smallest absolute Gasteiger partial charge is 0.341 e. The minimum absolute atomic E-state index is 0.0312. The van der Waals surface area contributed by atoms with Crippen LogP contribution < -0.4 is 10.6 Å². The highest BCUT2D eigenvalue weighted by Crippen LogP contribution is 2.21. The summed E-state index contributed by atoms with van der Waals surface area (Å²) in [7, 11) is -4.69. The molecule has 2 N–H and O–H groups in total. The molecule has 22 heavy (non-hydrogen) atoms. The Labute approximate surface area is 126 Å². The van der Waals surface area contributed by atoms with Crippen LogP contribution in [0.3, 0.4) is 0 Å². The summed E-state index contributed by atoms with van der Waals surface area (Å²) in [4.78, 5) is 11.1. The van der Waals surface area contributed by atoms with E-state index in [9.17, 15) is 22.0 Å². The summed E-state index contributed by atoms with van der Waals surface area (Å²) in [6, 6.07) is 4.19. The van der Waals surface area contributed by atoms with Crippen LogP contribution in [-0.2, 0) is 14.6 Å². The zero-order valence-electron chi connectivity index (χ0n) is 11.6. The Hall–Kier alpha value is -1.74. The van der Waals surface area contributed by atoms with Gasteiger partial charge in [-0.2, -0.15) is 8.78 Å². The highest BCUT2D eigenvalue weighted by molar-refractivity contribution is 7.91. The van der Waals surface area contributed by atoms with E-state index in [0.29, 0.717) is 13.2 Å². The van der Waals surface area contributed by atoms with E-state index in [2.05, 4.69) is 10.6 Å². The van der Waals surface area contributed by atoms with Gasteiger partial charge in [0.15, 0.2) is 0 Å². The van der Waals surface area contributed by atoms with Crippen molar-refractivity contribution >= 4 is 21.6 Å². The van der Waals surface area contributed by atoms with E-state index in [1.165, 1.54) is 12.1 Å². The number of benzene rings is 1. The molecule has 1 aliphatic heterocycles. The first kappa shape index (κ1) is 16.6. The number of ether oxygens (including phenoxy) is 1. The maximum Gasteiger partial charge on any atom is 0.341 e. The van der Waals surface area contributed by atoms with Crippen LogP contribution in [0.2, 0.25) is 0 Å². The average molecular weight is 334 g/mol. The van der Waals surface area contributed by atoms with Crippen molar-refractivity contribution in [3.05, 3.63) is 24.3 Å². The number of rotatable bonds is 5. The number of halogens is 2. The highest BCUT2D eigenvalue weighted by Gasteiger charge is 2.26. The lowest BCUT2D eigenvalue weighted by atomic mass is 10.2. The highest BCUT2D eigenvalue weighted by atomic mass is 32.2. The van der Waals surface area contributed by atoms with E-state index in [-0.39, 0.29) is 11.8 Å². The van der Waals surface area contributed by atoms with Crippen molar-refractivity contribution in [1.82, 2.24) is 5.32 Å². The van der Waals surface area contributed by atoms with Crippen molar-refractivity contribution in [1.29, 1.82) is 0 Å². The molecule has 0 aromatic heterocycles. The van der Waals surface area contributed by atoms with Crippen molar-refractivity contribution in [3.63, 3.8) is 0 Å². The maximum absolute atomic E-state index is 12.5. The minimum atomic E-state index is -4.69. The molecule has 9 heteroatoms. The Morgan fingerprint density at radius 1 is 1.41 bits per heavy atom. The molecule has 1 aromatic rings. The maximum atomic E-state index is 12.5. The molecule has 2 amide bonds. The number of anilines is 1. The van der Waals surface area contributed by atoms with Gasteiger partial charge in [0, 0.05) is 18.8 Å². The number of carbonyl (C=O) groups excluding carboxylic acids is 1. The monoisotopic (exact) mass is 334 g/mol. The lowest BCUT2D eigenvalue weighted by molar-refractivity contribution is 0.112. The van der Waals surface area contributed by atoms with Crippen LogP contribution in [-0.4, -0.2) is 39.5 Å². The molecule has 122 valence electrons. The van der Waals surface area contributed by atoms with Gasteiger partial charge >= 0.3 is 11.8 Å². The summed E-state index contributed by atoms with van der Waals surface area (Å²) in [6.45, 7) is 1.00. The van der Waals surface area contributed by atoms with Crippen molar-refractivity contribution < 1.29 is 26.7 Å². The van der Waals surface area contributed by atoms with Crippen LogP contribution in [0, 0.1) is 0 Å². The number of urea groups is 1. The van der Waals surface area contributed by atoms with Crippen LogP contribution in [0.25, 0.3) is 0 Å². The number of amides is 2. The van der Waals surface area contributed by atoms with Gasteiger partial charge in [0.2, 0.25) is 9.84 Å². The molecule has 0 radical (unpaired) electrons. The van der Waals surface area contributed by atoms with Gasteiger partial charge in [-0.25, -0.2) is 13.2 Å². The predicted molar refractivity (Wildman–Crippen MR) is 75.6 cm³/mol. The fourth-order valence-electron chi connectivity index (χ4n) is 2.04. The number of hydrogen-bond acceptors (Lipinski definition) is 4. The van der Waals surface area contributed by atoms with Crippen LogP contribution in [0.1, 0.15) is 12.8 Å². The largest absolute Gasteiger partial charge is 0.376 e. The first-order valence-corrected chi connectivity index (χ1v) is 8.23. The fraction of sp³-hybridized carbons (Fsp3) is 0.462. The average Bonchev–Trinajstić information content (AvgIpc) is 2.98. The fourth-order valence-corrected chi connectivity index (χ4v) is 2.81. The first-order valence-electron chi connectivity index (χ1n) is 6.68. The summed E-state index contributed by atoms with van der Waals surface area (Å²) in [5.74, 6) is -3.50. The predicted octanol–water partition coefficient (Wildman–Crippen LogP) is 1.98. The van der Waals surface area contributed by atoms with Crippen LogP contribution in [0.15, 0.2) is 29.2 Å². The number of nitrogens with one attached hydrogen (secondary N) is 2. The minimum Gasteiger partial charge on any atom is -0.376 e. The second-order valence-electron chi connectivity index (χ2n) is 4.80. The van der Waals surface area contributed by atoms with Crippen LogP contribution in [0.5, 0.6) is 0 Å². The third-order valence-corrected chi connectivity index (χ3v) is 4.55. The molecule has 0 spiro atoms. The molecule has 2 rings (SSSR count). The zero-order chi connectivity index (χ0) is 16.2. The van der Waals surface area contributed by atoms with E-state index < -0.39 is 26.5 Å². The van der Waals surface area contributed by atoms with E-state index in [4.69, 9.17) is 4.74 Å². The molecular weight excluding hydrogens is 318 g/mol. The third-order valence-electron chi connectivity index (χ3n) is 3.17. The zero-order valence-corrected chi connectivity index (χ0v) is 12.4. The quantitative estimate of drug-likeness (QED) is 0.862. The Balaban J connectivity index is 1.96. The normalized spacial score (nSPS) is 18.4. The molecule has 1 fully saturated rings. The van der Waals surface area contributed by atoms with Crippen molar-refractivity contribution in [2.24, 2.45) is 0 Å². The van der Waals surface area contributed by atoms with Crippen molar-refractivity contribution in [2.75, 3.05) is 18.5 Å². The second kappa shape index (κ2) is 7.01. The van der Waals surface area contributed by atoms with Gasteiger partial charge in [-0.1, -0.05) is 6.07 Å². The molecule has 1 atom stereocenters. The SMILES string of the molecule is O=C(NC[C@H]1CCCO1)Nc1cccc(S(=O)(=O)C(F)F)c1. The molecule has 0 bridgehead atoms. The number of sulfone groups is 1. The molecule has 1 saturated heterocycles. The van der Waals surface area contributed by atoms with E-state index in [1.807, 2.05) is 0 Å².